The molecule has 0 fully saturated rings. The van der Waals surface area contributed by atoms with Crippen LogP contribution in [0.1, 0.15) is 135 Å². The monoisotopic (exact) mass is 781 g/mol. The van der Waals surface area contributed by atoms with Gasteiger partial charge in [-0.1, -0.05) is 186 Å². The number of benzene rings is 4. The molecule has 0 atom stereocenters. The van der Waals surface area contributed by atoms with Crippen molar-refractivity contribution in [2.45, 2.75) is 118 Å². The van der Waals surface area contributed by atoms with Gasteiger partial charge in [-0.2, -0.15) is 0 Å². The minimum atomic E-state index is 0.0460. The zero-order valence-corrected chi connectivity index (χ0v) is 37.8. The number of hydrogen-bond acceptors (Lipinski definition) is 2. The molecule has 59 heavy (non-hydrogen) atoms. The second-order valence-electron chi connectivity index (χ2n) is 20.6. The molecule has 5 aromatic rings. The number of aromatic amines is 1. The maximum atomic E-state index is 5.77. The van der Waals surface area contributed by atoms with Crippen LogP contribution in [0.5, 0.6) is 0 Å². The summed E-state index contributed by atoms with van der Waals surface area (Å²) >= 11 is 0. The fourth-order valence-corrected chi connectivity index (χ4v) is 8.03. The molecule has 1 N–H and O–H groups in total. The van der Waals surface area contributed by atoms with E-state index in [1.807, 2.05) is 0 Å². The van der Waals surface area contributed by atoms with Crippen molar-refractivity contribution in [3.63, 3.8) is 0 Å². The summed E-state index contributed by atoms with van der Waals surface area (Å²) in [4.78, 5) is 9.69. The Hall–Kier alpha value is -5.41. The molecule has 0 saturated heterocycles. The molecule has 2 heterocycles. The lowest BCUT2D eigenvalue weighted by Crippen LogP contribution is -2.11. The van der Waals surface area contributed by atoms with Crippen molar-refractivity contribution in [1.82, 2.24) is 4.98 Å². The van der Waals surface area contributed by atoms with Crippen molar-refractivity contribution in [2.24, 2.45) is 4.99 Å². The van der Waals surface area contributed by atoms with Crippen LogP contribution in [0.2, 0.25) is 0 Å². The SMILES string of the molecule is COC1=CC=C(/C(=C2/N=C(c3ccc(C(C)(C)C)cc3)C=C2c2ccc(C(C)(C)C)cc2)c2[nH]c(-c3ccc(C(C)(C)C)cc3)cc2-c2ccc(C(C)(C)C)cc2)CC1. The summed E-state index contributed by atoms with van der Waals surface area (Å²) < 4.78 is 5.77. The summed E-state index contributed by atoms with van der Waals surface area (Å²) in [7, 11) is 1.77. The maximum absolute atomic E-state index is 5.77. The molecule has 3 heteroatoms. The molecular formula is C56H64N2O. The van der Waals surface area contributed by atoms with E-state index in [4.69, 9.17) is 9.73 Å². The fraction of sp³-hybridized carbons (Fsp3) is 0.339. The van der Waals surface area contributed by atoms with Crippen molar-refractivity contribution in [3.05, 3.63) is 177 Å². The number of nitrogens with one attached hydrogen (secondary N) is 1. The predicted octanol–water partition coefficient (Wildman–Crippen LogP) is 15.1. The van der Waals surface area contributed by atoms with Crippen LogP contribution in [0.15, 0.2) is 143 Å². The number of nitrogens with zero attached hydrogens (tertiary/aromatic N) is 1. The lowest BCUT2D eigenvalue weighted by molar-refractivity contribution is 0.276. The van der Waals surface area contributed by atoms with E-state index in [1.54, 1.807) is 7.11 Å². The molecule has 1 aliphatic heterocycles. The molecule has 0 amide bonds. The summed E-state index contributed by atoms with van der Waals surface area (Å²) in [5, 5.41) is 0. The second kappa shape index (κ2) is 15.6. The number of H-pyrrole nitrogens is 1. The highest BCUT2D eigenvalue weighted by Gasteiger charge is 2.29. The highest BCUT2D eigenvalue weighted by Crippen LogP contribution is 2.46. The first-order valence-electron chi connectivity index (χ1n) is 21.4. The van der Waals surface area contributed by atoms with E-state index in [2.05, 4.69) is 209 Å². The maximum Gasteiger partial charge on any atom is 0.0958 e. The summed E-state index contributed by atoms with van der Waals surface area (Å²) in [5.74, 6) is 0.991. The van der Waals surface area contributed by atoms with Gasteiger partial charge in [0.25, 0.3) is 0 Å². The summed E-state index contributed by atoms with van der Waals surface area (Å²) in [5.41, 5.74) is 18.8. The Labute approximate surface area is 354 Å². The highest BCUT2D eigenvalue weighted by molar-refractivity contribution is 6.20. The summed E-state index contributed by atoms with van der Waals surface area (Å²) in [6.07, 6.45) is 8.35. The molecule has 0 spiro atoms. The van der Waals surface area contributed by atoms with Crippen LogP contribution in [0.25, 0.3) is 33.5 Å². The molecule has 2 aliphatic rings. The van der Waals surface area contributed by atoms with E-state index in [0.717, 1.165) is 74.8 Å². The Morgan fingerprint density at radius 3 is 1.39 bits per heavy atom. The standard InChI is InChI=1S/C56H64N2O/c1-53(2,3)41-24-14-36(15-25-41)46-34-48(38-18-28-43(29-19-38)55(7,8)9)57-51(46)50(40-22-32-45(59-13)33-23-40)52-47(37-16-26-42(27-17-37)54(4,5)6)35-49(58-52)39-20-30-44(31-21-39)56(10,11)12/h14-22,24-32,34-35,57H,23,33H2,1-13H3/b52-50-. The second-order valence-corrected chi connectivity index (χ2v) is 20.6. The first-order chi connectivity index (χ1) is 27.7. The molecule has 0 radical (unpaired) electrons. The van der Waals surface area contributed by atoms with Gasteiger partial charge in [-0.25, -0.2) is 4.99 Å². The van der Waals surface area contributed by atoms with Crippen LogP contribution in [0.4, 0.5) is 0 Å². The molecular weight excluding hydrogens is 717 g/mol. The Morgan fingerprint density at radius 2 is 0.966 bits per heavy atom. The Balaban J connectivity index is 1.52. The van der Waals surface area contributed by atoms with Crippen LogP contribution in [-0.2, 0) is 26.4 Å². The van der Waals surface area contributed by atoms with Crippen molar-refractivity contribution in [2.75, 3.05) is 7.11 Å². The molecule has 1 aromatic heterocycles. The van der Waals surface area contributed by atoms with Crippen LogP contribution >= 0.6 is 0 Å². The van der Waals surface area contributed by atoms with E-state index in [-0.39, 0.29) is 21.7 Å². The quantitative estimate of drug-likeness (QED) is 0.175. The molecule has 304 valence electrons. The molecule has 4 aromatic carbocycles. The lowest BCUT2D eigenvalue weighted by atomic mass is 9.84. The third-order valence-corrected chi connectivity index (χ3v) is 12.0. The van der Waals surface area contributed by atoms with Gasteiger partial charge in [-0.3, -0.25) is 0 Å². The van der Waals surface area contributed by atoms with Gasteiger partial charge in [-0.15, -0.1) is 0 Å². The number of methoxy groups -OCH3 is 1. The van der Waals surface area contributed by atoms with Crippen molar-refractivity contribution < 1.29 is 4.74 Å². The van der Waals surface area contributed by atoms with Gasteiger partial charge < -0.3 is 9.72 Å². The van der Waals surface area contributed by atoms with Crippen molar-refractivity contribution in [3.8, 4) is 22.4 Å². The van der Waals surface area contributed by atoms with E-state index in [1.165, 1.54) is 33.4 Å². The smallest absolute Gasteiger partial charge is 0.0958 e. The van der Waals surface area contributed by atoms with Crippen molar-refractivity contribution in [1.29, 1.82) is 0 Å². The number of aromatic nitrogens is 1. The van der Waals surface area contributed by atoms with Gasteiger partial charge in [0.05, 0.1) is 30.0 Å². The van der Waals surface area contributed by atoms with Crippen molar-refractivity contribution >= 4 is 16.9 Å². The van der Waals surface area contributed by atoms with Gasteiger partial charge in [-0.05, 0) is 90.8 Å². The molecule has 0 bridgehead atoms. The number of rotatable bonds is 7. The molecule has 1 aliphatic carbocycles. The largest absolute Gasteiger partial charge is 0.501 e. The zero-order valence-electron chi connectivity index (χ0n) is 37.8. The minimum Gasteiger partial charge on any atom is -0.501 e. The third-order valence-electron chi connectivity index (χ3n) is 12.0. The zero-order chi connectivity index (χ0) is 42.5. The Morgan fingerprint density at radius 1 is 0.525 bits per heavy atom. The number of ether oxygens (including phenoxy) is 1. The first kappa shape index (κ1) is 41.7. The molecule has 0 saturated carbocycles. The highest BCUT2D eigenvalue weighted by atomic mass is 16.5. The van der Waals surface area contributed by atoms with E-state index < -0.39 is 0 Å². The van der Waals surface area contributed by atoms with Gasteiger partial charge >= 0.3 is 0 Å². The predicted molar refractivity (Wildman–Crippen MR) is 253 cm³/mol. The normalized spacial score (nSPS) is 16.0. The van der Waals surface area contributed by atoms with E-state index in [9.17, 15) is 0 Å². The average molecular weight is 781 g/mol. The van der Waals surface area contributed by atoms with Crippen LogP contribution in [0.3, 0.4) is 0 Å². The van der Waals surface area contributed by atoms with Gasteiger partial charge in [0.15, 0.2) is 0 Å². The fourth-order valence-electron chi connectivity index (χ4n) is 8.03. The summed E-state index contributed by atoms with van der Waals surface area (Å²) in [6.45, 7) is 27.2. The number of aliphatic imine (C=N–C) groups is 1. The van der Waals surface area contributed by atoms with Gasteiger partial charge in [0.1, 0.15) is 0 Å². The Kier molecular flexibility index (Phi) is 11.1. The average Bonchev–Trinajstić information content (AvgIpc) is 3.83. The van der Waals surface area contributed by atoms with Gasteiger partial charge in [0.2, 0.25) is 0 Å². The van der Waals surface area contributed by atoms with Crippen LogP contribution < -0.4 is 0 Å². The van der Waals surface area contributed by atoms with E-state index in [0.29, 0.717) is 0 Å². The number of hydrogen-bond donors (Lipinski definition) is 1. The molecule has 7 rings (SSSR count). The number of allylic oxidation sites excluding steroid dienone is 7. The first-order valence-corrected chi connectivity index (χ1v) is 21.4. The lowest BCUT2D eigenvalue weighted by Gasteiger charge is -2.22. The van der Waals surface area contributed by atoms with E-state index >= 15 is 0 Å². The van der Waals surface area contributed by atoms with Crippen LogP contribution in [0, 0.1) is 0 Å². The molecule has 3 nitrogen and oxygen atoms in total. The van der Waals surface area contributed by atoms with Crippen LogP contribution in [-0.4, -0.2) is 17.8 Å². The molecule has 0 unspecified atom stereocenters. The van der Waals surface area contributed by atoms with Gasteiger partial charge in [0, 0.05) is 34.4 Å². The third kappa shape index (κ3) is 8.96. The Bertz CT molecular complexity index is 2480. The topological polar surface area (TPSA) is 37.4 Å². The summed E-state index contributed by atoms with van der Waals surface area (Å²) in [6, 6.07) is 38.7. The minimum absolute atomic E-state index is 0.0460.